The van der Waals surface area contributed by atoms with E-state index < -0.39 is 0 Å². The highest BCUT2D eigenvalue weighted by Gasteiger charge is 2.18. The number of hydrogen-bond donors (Lipinski definition) is 0. The molecule has 0 saturated carbocycles. The zero-order valence-corrected chi connectivity index (χ0v) is 10.5. The molecule has 0 spiro atoms. The van der Waals surface area contributed by atoms with Crippen molar-refractivity contribution in [1.82, 2.24) is 9.97 Å². The molecule has 92 valence electrons. The van der Waals surface area contributed by atoms with E-state index in [1.54, 1.807) is 6.20 Å². The fourth-order valence-electron chi connectivity index (χ4n) is 2.04. The van der Waals surface area contributed by atoms with E-state index in [1.807, 2.05) is 30.3 Å². The number of anilines is 2. The first kappa shape index (κ1) is 11.3. The van der Waals surface area contributed by atoms with E-state index >= 15 is 0 Å². The van der Waals surface area contributed by atoms with Crippen LogP contribution in [-0.2, 0) is 0 Å². The van der Waals surface area contributed by atoms with Crippen LogP contribution in [0.1, 0.15) is 6.42 Å². The SMILES string of the molecule is Clc1nccc(N2CCCOc3ccccc32)n1. The quantitative estimate of drug-likeness (QED) is 0.740. The minimum atomic E-state index is 0.259. The average molecular weight is 262 g/mol. The lowest BCUT2D eigenvalue weighted by Crippen LogP contribution is -2.18. The second kappa shape index (κ2) is 4.82. The van der Waals surface area contributed by atoms with Gasteiger partial charge in [0.25, 0.3) is 0 Å². The Bertz CT molecular complexity index is 561. The van der Waals surface area contributed by atoms with E-state index in [0.29, 0.717) is 6.61 Å². The van der Waals surface area contributed by atoms with Crippen LogP contribution in [0.2, 0.25) is 5.28 Å². The molecule has 3 rings (SSSR count). The van der Waals surface area contributed by atoms with Crippen LogP contribution in [0.25, 0.3) is 0 Å². The predicted octanol–water partition coefficient (Wildman–Crippen LogP) is 3.05. The van der Waals surface area contributed by atoms with Crippen LogP contribution in [0.15, 0.2) is 36.5 Å². The molecule has 0 aliphatic carbocycles. The van der Waals surface area contributed by atoms with Crippen LogP contribution in [0.5, 0.6) is 5.75 Å². The Morgan fingerprint density at radius 3 is 3.00 bits per heavy atom. The molecule has 2 aromatic rings. The lowest BCUT2D eigenvalue weighted by atomic mass is 10.2. The van der Waals surface area contributed by atoms with Crippen molar-refractivity contribution >= 4 is 23.1 Å². The molecule has 0 saturated heterocycles. The van der Waals surface area contributed by atoms with Crippen molar-refractivity contribution in [3.8, 4) is 5.75 Å². The maximum absolute atomic E-state index is 5.85. The van der Waals surface area contributed by atoms with Crippen LogP contribution in [-0.4, -0.2) is 23.1 Å². The van der Waals surface area contributed by atoms with Gasteiger partial charge in [0, 0.05) is 12.7 Å². The lowest BCUT2D eigenvalue weighted by molar-refractivity contribution is 0.322. The van der Waals surface area contributed by atoms with Crippen molar-refractivity contribution < 1.29 is 4.74 Å². The number of halogens is 1. The summed E-state index contributed by atoms with van der Waals surface area (Å²) in [6.45, 7) is 1.57. The summed E-state index contributed by atoms with van der Waals surface area (Å²) >= 11 is 5.85. The maximum atomic E-state index is 5.85. The van der Waals surface area contributed by atoms with E-state index in [4.69, 9.17) is 16.3 Å². The Balaban J connectivity index is 2.06. The van der Waals surface area contributed by atoms with E-state index in [9.17, 15) is 0 Å². The minimum Gasteiger partial charge on any atom is -0.491 e. The number of nitrogens with zero attached hydrogens (tertiary/aromatic N) is 3. The minimum absolute atomic E-state index is 0.259. The molecule has 0 atom stereocenters. The number of ether oxygens (including phenoxy) is 1. The smallest absolute Gasteiger partial charge is 0.224 e. The van der Waals surface area contributed by atoms with Gasteiger partial charge in [0.15, 0.2) is 0 Å². The first-order chi connectivity index (χ1) is 8.84. The summed E-state index contributed by atoms with van der Waals surface area (Å²) in [5, 5.41) is 0.259. The number of benzene rings is 1. The molecule has 1 aliphatic heterocycles. The van der Waals surface area contributed by atoms with E-state index in [1.165, 1.54) is 0 Å². The Morgan fingerprint density at radius 1 is 1.22 bits per heavy atom. The average Bonchev–Trinajstić information content (AvgIpc) is 2.61. The highest BCUT2D eigenvalue weighted by Crippen LogP contribution is 2.34. The third-order valence-electron chi connectivity index (χ3n) is 2.83. The van der Waals surface area contributed by atoms with E-state index in [2.05, 4.69) is 14.9 Å². The molecular formula is C13H12ClN3O. The predicted molar refractivity (Wildman–Crippen MR) is 70.6 cm³/mol. The van der Waals surface area contributed by atoms with Gasteiger partial charge in [0.05, 0.1) is 12.3 Å². The zero-order valence-electron chi connectivity index (χ0n) is 9.71. The van der Waals surface area contributed by atoms with Gasteiger partial charge in [-0.05, 0) is 36.2 Å². The normalized spacial score (nSPS) is 14.6. The van der Waals surface area contributed by atoms with Crippen molar-refractivity contribution in [2.75, 3.05) is 18.1 Å². The lowest BCUT2D eigenvalue weighted by Gasteiger charge is -2.22. The Labute approximate surface area is 110 Å². The van der Waals surface area contributed by atoms with Crippen molar-refractivity contribution in [3.63, 3.8) is 0 Å². The molecule has 0 fully saturated rings. The molecule has 0 bridgehead atoms. The highest BCUT2D eigenvalue weighted by atomic mass is 35.5. The molecule has 18 heavy (non-hydrogen) atoms. The fraction of sp³-hybridized carbons (Fsp3) is 0.231. The molecule has 0 radical (unpaired) electrons. The molecule has 0 amide bonds. The fourth-order valence-corrected chi connectivity index (χ4v) is 2.18. The molecule has 1 aliphatic rings. The Kier molecular flexibility index (Phi) is 3.02. The van der Waals surface area contributed by atoms with Gasteiger partial charge in [-0.1, -0.05) is 12.1 Å². The second-order valence-electron chi connectivity index (χ2n) is 4.01. The molecular weight excluding hydrogens is 250 g/mol. The monoisotopic (exact) mass is 261 g/mol. The summed E-state index contributed by atoms with van der Waals surface area (Å²) in [5.74, 6) is 1.68. The van der Waals surface area contributed by atoms with Gasteiger partial charge in [-0.2, -0.15) is 0 Å². The number of para-hydroxylation sites is 2. The number of aromatic nitrogens is 2. The molecule has 5 heteroatoms. The summed E-state index contributed by atoms with van der Waals surface area (Å²) in [7, 11) is 0. The summed E-state index contributed by atoms with van der Waals surface area (Å²) in [5.41, 5.74) is 1.02. The molecule has 1 aromatic heterocycles. The van der Waals surface area contributed by atoms with Crippen molar-refractivity contribution in [2.24, 2.45) is 0 Å². The number of fused-ring (bicyclic) bond motifs is 1. The van der Waals surface area contributed by atoms with Crippen LogP contribution in [0, 0.1) is 0 Å². The van der Waals surface area contributed by atoms with E-state index in [-0.39, 0.29) is 5.28 Å². The number of rotatable bonds is 1. The van der Waals surface area contributed by atoms with Gasteiger partial charge >= 0.3 is 0 Å². The highest BCUT2D eigenvalue weighted by molar-refractivity contribution is 6.28. The van der Waals surface area contributed by atoms with Gasteiger partial charge in [-0.25, -0.2) is 9.97 Å². The topological polar surface area (TPSA) is 38.2 Å². The maximum Gasteiger partial charge on any atom is 0.224 e. The largest absolute Gasteiger partial charge is 0.491 e. The van der Waals surface area contributed by atoms with Gasteiger partial charge in [0.1, 0.15) is 11.6 Å². The second-order valence-corrected chi connectivity index (χ2v) is 4.34. The molecule has 0 N–H and O–H groups in total. The molecule has 1 aromatic carbocycles. The third-order valence-corrected chi connectivity index (χ3v) is 3.01. The zero-order chi connectivity index (χ0) is 12.4. The summed E-state index contributed by atoms with van der Waals surface area (Å²) in [6, 6.07) is 9.81. The van der Waals surface area contributed by atoms with Gasteiger partial charge in [-0.15, -0.1) is 0 Å². The van der Waals surface area contributed by atoms with Gasteiger partial charge in [0.2, 0.25) is 5.28 Å². The van der Waals surface area contributed by atoms with Gasteiger partial charge in [-0.3, -0.25) is 0 Å². The first-order valence-electron chi connectivity index (χ1n) is 5.82. The van der Waals surface area contributed by atoms with Crippen LogP contribution < -0.4 is 9.64 Å². The van der Waals surface area contributed by atoms with E-state index in [0.717, 1.165) is 30.2 Å². The summed E-state index contributed by atoms with van der Waals surface area (Å²) in [4.78, 5) is 10.3. The number of hydrogen-bond acceptors (Lipinski definition) is 4. The molecule has 2 heterocycles. The van der Waals surface area contributed by atoms with Crippen LogP contribution in [0.3, 0.4) is 0 Å². The Hall–Kier alpha value is -1.81. The van der Waals surface area contributed by atoms with Crippen molar-refractivity contribution in [1.29, 1.82) is 0 Å². The summed E-state index contributed by atoms with van der Waals surface area (Å²) in [6.07, 6.45) is 2.61. The standard InChI is InChI=1S/C13H12ClN3O/c14-13-15-7-6-12(16-13)17-8-3-9-18-11-5-2-1-4-10(11)17/h1-2,4-7H,3,8-9H2. The summed E-state index contributed by atoms with van der Waals surface area (Å²) < 4.78 is 5.71. The Morgan fingerprint density at radius 2 is 2.11 bits per heavy atom. The molecule has 0 unspecified atom stereocenters. The van der Waals surface area contributed by atoms with Crippen LogP contribution in [0.4, 0.5) is 11.5 Å². The van der Waals surface area contributed by atoms with Gasteiger partial charge < -0.3 is 9.64 Å². The molecule has 4 nitrogen and oxygen atoms in total. The first-order valence-corrected chi connectivity index (χ1v) is 6.20. The third kappa shape index (κ3) is 2.11. The van der Waals surface area contributed by atoms with Crippen molar-refractivity contribution in [3.05, 3.63) is 41.8 Å². The van der Waals surface area contributed by atoms with Crippen molar-refractivity contribution in [2.45, 2.75) is 6.42 Å². The van der Waals surface area contributed by atoms with Crippen LogP contribution >= 0.6 is 11.6 Å².